The van der Waals surface area contributed by atoms with Gasteiger partial charge in [-0.05, 0) is 11.1 Å². The molecule has 0 fully saturated rings. The van der Waals surface area contributed by atoms with Crippen molar-refractivity contribution < 1.29 is 14.3 Å². The molecule has 0 amide bonds. The number of ketones is 1. The third kappa shape index (κ3) is 3.09. The van der Waals surface area contributed by atoms with Crippen LogP contribution in [0.5, 0.6) is 0 Å². The zero-order valence-electron chi connectivity index (χ0n) is 14.5. The second-order valence-corrected chi connectivity index (χ2v) is 6.03. The lowest BCUT2D eigenvalue weighted by Gasteiger charge is -2.36. The van der Waals surface area contributed by atoms with Crippen molar-refractivity contribution in [3.05, 3.63) is 108 Å². The van der Waals surface area contributed by atoms with Gasteiger partial charge in [0.15, 0.2) is 11.4 Å². The topological polar surface area (TPSA) is 43.4 Å². The van der Waals surface area contributed by atoms with Gasteiger partial charge in [0.2, 0.25) is 0 Å². The van der Waals surface area contributed by atoms with E-state index in [0.717, 1.165) is 11.8 Å². The number of hydrogen-bond acceptors (Lipinski definition) is 3. The minimum Gasteiger partial charge on any atom is -0.364 e. The fourth-order valence-electron chi connectivity index (χ4n) is 3.35. The van der Waals surface area contributed by atoms with Gasteiger partial charge in [-0.3, -0.25) is 4.79 Å². The molecule has 0 aliphatic carbocycles. The molecule has 2 atom stereocenters. The fourth-order valence-corrected chi connectivity index (χ4v) is 3.35. The van der Waals surface area contributed by atoms with Crippen LogP contribution in [0.25, 0.3) is 0 Å². The first kappa shape index (κ1) is 17.8. The van der Waals surface area contributed by atoms with Crippen LogP contribution < -0.4 is 0 Å². The Bertz CT molecular complexity index is 860. The monoisotopic (exact) mass is 344 g/mol. The Morgan fingerprint density at radius 3 is 1.85 bits per heavy atom. The molecule has 3 nitrogen and oxygen atoms in total. The third-order valence-corrected chi connectivity index (χ3v) is 4.63. The zero-order chi connectivity index (χ0) is 18.4. The number of ether oxygens (including phenoxy) is 1. The van der Waals surface area contributed by atoms with E-state index in [1.807, 2.05) is 66.7 Å². The number of methoxy groups -OCH3 is 1. The summed E-state index contributed by atoms with van der Waals surface area (Å²) in [4.78, 5) is 25.8. The van der Waals surface area contributed by atoms with Gasteiger partial charge < -0.3 is 9.53 Å². The fraction of sp³-hybridized carbons (Fsp3) is 0.130. The molecular weight excluding hydrogens is 324 g/mol. The smallest absolute Gasteiger partial charge is 0.200 e. The maximum absolute atomic E-state index is 13.6. The summed E-state index contributed by atoms with van der Waals surface area (Å²) >= 11 is 0. The second kappa shape index (κ2) is 7.89. The quantitative estimate of drug-likeness (QED) is 0.471. The molecule has 0 radical (unpaired) electrons. The number of rotatable bonds is 7. The Morgan fingerprint density at radius 2 is 1.35 bits per heavy atom. The van der Waals surface area contributed by atoms with Crippen LogP contribution in [0.15, 0.2) is 91.0 Å². The van der Waals surface area contributed by atoms with Crippen molar-refractivity contribution in [2.24, 2.45) is 0 Å². The average molecular weight is 344 g/mol. The Balaban J connectivity index is 2.24. The summed E-state index contributed by atoms with van der Waals surface area (Å²) in [5.41, 5.74) is 0.446. The molecule has 3 aromatic carbocycles. The predicted octanol–water partition coefficient (Wildman–Crippen LogP) is 4.39. The zero-order valence-corrected chi connectivity index (χ0v) is 14.5. The van der Waals surface area contributed by atoms with Crippen LogP contribution in [0.2, 0.25) is 0 Å². The van der Waals surface area contributed by atoms with E-state index in [1.165, 1.54) is 7.11 Å². The maximum Gasteiger partial charge on any atom is 0.200 e. The van der Waals surface area contributed by atoms with E-state index in [1.54, 1.807) is 24.3 Å². The van der Waals surface area contributed by atoms with Gasteiger partial charge in [-0.25, -0.2) is 0 Å². The van der Waals surface area contributed by atoms with Crippen molar-refractivity contribution in [2.45, 2.75) is 11.5 Å². The molecule has 0 unspecified atom stereocenters. The molecule has 3 aromatic rings. The number of Topliss-reactive ketones (excluding diaryl/α,β-unsaturated/α-hetero) is 1. The molecule has 0 aliphatic rings. The van der Waals surface area contributed by atoms with Gasteiger partial charge in [0, 0.05) is 12.7 Å². The first-order valence-corrected chi connectivity index (χ1v) is 8.44. The van der Waals surface area contributed by atoms with Crippen LogP contribution in [-0.4, -0.2) is 19.2 Å². The van der Waals surface area contributed by atoms with E-state index in [9.17, 15) is 9.59 Å². The second-order valence-electron chi connectivity index (χ2n) is 6.03. The largest absolute Gasteiger partial charge is 0.364 e. The molecule has 0 saturated heterocycles. The van der Waals surface area contributed by atoms with Crippen LogP contribution in [0.1, 0.15) is 27.4 Å². The van der Waals surface area contributed by atoms with Crippen molar-refractivity contribution in [3.8, 4) is 0 Å². The van der Waals surface area contributed by atoms with Crippen molar-refractivity contribution in [1.29, 1.82) is 0 Å². The van der Waals surface area contributed by atoms with Crippen molar-refractivity contribution in [2.75, 3.05) is 7.11 Å². The van der Waals surface area contributed by atoms with Gasteiger partial charge in [-0.2, -0.15) is 0 Å². The summed E-state index contributed by atoms with van der Waals surface area (Å²) in [6.07, 6.45) is 0.798. The number of carbonyl (C=O) groups is 2. The van der Waals surface area contributed by atoms with E-state index < -0.39 is 11.5 Å². The molecule has 0 bridgehead atoms. The lowest BCUT2D eigenvalue weighted by atomic mass is 9.73. The summed E-state index contributed by atoms with van der Waals surface area (Å²) < 4.78 is 5.87. The molecule has 130 valence electrons. The first-order valence-electron chi connectivity index (χ1n) is 8.44. The number of hydrogen-bond donors (Lipinski definition) is 0. The van der Waals surface area contributed by atoms with Crippen LogP contribution >= 0.6 is 0 Å². The number of benzene rings is 3. The van der Waals surface area contributed by atoms with Crippen LogP contribution in [0, 0.1) is 0 Å². The van der Waals surface area contributed by atoms with Gasteiger partial charge in [-0.15, -0.1) is 0 Å². The minimum atomic E-state index is -1.44. The minimum absolute atomic E-state index is 0.243. The molecule has 0 spiro atoms. The first-order chi connectivity index (χ1) is 12.7. The van der Waals surface area contributed by atoms with Gasteiger partial charge in [0.05, 0.1) is 5.92 Å². The maximum atomic E-state index is 13.6. The van der Waals surface area contributed by atoms with E-state index in [2.05, 4.69) is 0 Å². The summed E-state index contributed by atoms with van der Waals surface area (Å²) in [5, 5.41) is 0. The molecule has 0 N–H and O–H groups in total. The van der Waals surface area contributed by atoms with Crippen LogP contribution in [-0.2, 0) is 15.1 Å². The highest BCUT2D eigenvalue weighted by molar-refractivity contribution is 6.05. The summed E-state index contributed by atoms with van der Waals surface area (Å²) in [6, 6.07) is 27.4. The van der Waals surface area contributed by atoms with Gasteiger partial charge in [0.25, 0.3) is 0 Å². The van der Waals surface area contributed by atoms with Crippen LogP contribution in [0.3, 0.4) is 0 Å². The summed E-state index contributed by atoms with van der Waals surface area (Å²) in [6.45, 7) is 0. The van der Waals surface area contributed by atoms with Gasteiger partial charge in [-0.1, -0.05) is 91.0 Å². The molecule has 3 heteroatoms. The molecular formula is C23H20O3. The Hall–Kier alpha value is -3.04. The van der Waals surface area contributed by atoms with Crippen molar-refractivity contribution in [3.63, 3.8) is 0 Å². The lowest BCUT2D eigenvalue weighted by Crippen LogP contribution is -2.44. The highest BCUT2D eigenvalue weighted by atomic mass is 16.5. The Labute approximate surface area is 153 Å². The Morgan fingerprint density at radius 1 is 0.846 bits per heavy atom. The van der Waals surface area contributed by atoms with Crippen molar-refractivity contribution >= 4 is 12.1 Å². The van der Waals surface area contributed by atoms with Crippen molar-refractivity contribution in [1.82, 2.24) is 0 Å². The van der Waals surface area contributed by atoms with E-state index in [0.29, 0.717) is 11.1 Å². The molecule has 3 rings (SSSR count). The number of carbonyl (C=O) groups excluding carboxylic acids is 2. The molecule has 0 aliphatic heterocycles. The normalized spacial score (nSPS) is 14.2. The Kier molecular flexibility index (Phi) is 5.40. The highest BCUT2D eigenvalue weighted by Gasteiger charge is 2.48. The van der Waals surface area contributed by atoms with Gasteiger partial charge >= 0.3 is 0 Å². The lowest BCUT2D eigenvalue weighted by molar-refractivity contribution is -0.115. The molecule has 26 heavy (non-hydrogen) atoms. The van der Waals surface area contributed by atoms with Gasteiger partial charge in [0.1, 0.15) is 6.29 Å². The SMILES string of the molecule is CO[C@@](C(=O)c1ccccc1)(c1ccccc1)[C@H](C=O)c1ccccc1. The highest BCUT2D eigenvalue weighted by Crippen LogP contribution is 2.41. The third-order valence-electron chi connectivity index (χ3n) is 4.63. The predicted molar refractivity (Wildman–Crippen MR) is 101 cm³/mol. The van der Waals surface area contributed by atoms with E-state index in [4.69, 9.17) is 4.74 Å². The average Bonchev–Trinajstić information content (AvgIpc) is 2.73. The van der Waals surface area contributed by atoms with Crippen LogP contribution in [0.4, 0.5) is 0 Å². The molecule has 0 aromatic heterocycles. The molecule has 0 heterocycles. The summed E-state index contributed by atoms with van der Waals surface area (Å²) in [5.74, 6) is -1.02. The molecule has 0 saturated carbocycles. The summed E-state index contributed by atoms with van der Waals surface area (Å²) in [7, 11) is 1.48. The standard InChI is InChI=1S/C23H20O3/c1-26-23(20-15-9-4-10-16-20,22(25)19-13-7-3-8-14-19)21(17-24)18-11-5-2-6-12-18/h2-17,21H,1H3/t21-,23+/m1/s1. The van der Waals surface area contributed by atoms with E-state index in [-0.39, 0.29) is 5.78 Å². The van der Waals surface area contributed by atoms with E-state index >= 15 is 0 Å². The number of aldehydes is 1.